The van der Waals surface area contributed by atoms with E-state index in [4.69, 9.17) is 11.5 Å². The molecule has 0 heterocycles. The van der Waals surface area contributed by atoms with E-state index in [0.29, 0.717) is 0 Å². The van der Waals surface area contributed by atoms with Crippen molar-refractivity contribution in [3.8, 4) is 23.8 Å². The predicted molar refractivity (Wildman–Crippen MR) is 62.1 cm³/mol. The van der Waals surface area contributed by atoms with Crippen molar-refractivity contribution in [2.45, 2.75) is 0 Å². The highest BCUT2D eigenvalue weighted by Crippen LogP contribution is 2.23. The summed E-state index contributed by atoms with van der Waals surface area (Å²) < 4.78 is 0. The van der Waals surface area contributed by atoms with Crippen LogP contribution >= 0.6 is 0 Å². The number of aromatic hydroxyl groups is 2. The van der Waals surface area contributed by atoms with E-state index in [-0.39, 0.29) is 23.6 Å². The molecule has 0 saturated carbocycles. The first-order valence-corrected chi connectivity index (χ1v) is 4.92. The number of hydrogen-bond acceptors (Lipinski definition) is 4. The van der Waals surface area contributed by atoms with Gasteiger partial charge in [-0.25, -0.2) is 0 Å². The molecule has 0 aliphatic carbocycles. The largest absolute Gasteiger partial charge is 0.508 e. The third-order valence-corrected chi connectivity index (χ3v) is 2.11. The molecule has 0 bridgehead atoms. The van der Waals surface area contributed by atoms with Crippen molar-refractivity contribution in [3.63, 3.8) is 0 Å². The Morgan fingerprint density at radius 3 is 2.56 bits per heavy atom. The van der Waals surface area contributed by atoms with E-state index < -0.39 is 18.4 Å². The monoisotopic (exact) mass is 249 g/mol. The maximum Gasteiger partial charge on any atom is 0.323 e. The van der Waals surface area contributed by atoms with Crippen LogP contribution in [0.3, 0.4) is 0 Å². The Morgan fingerprint density at radius 1 is 1.33 bits per heavy atom. The molecule has 1 aromatic rings. The Balaban J connectivity index is 3.05. The van der Waals surface area contributed by atoms with Gasteiger partial charge in [0.05, 0.1) is 12.1 Å². The van der Waals surface area contributed by atoms with Gasteiger partial charge in [0, 0.05) is 0 Å². The van der Waals surface area contributed by atoms with Gasteiger partial charge in [0.25, 0.3) is 5.91 Å². The Labute approximate surface area is 103 Å². The lowest BCUT2D eigenvalue weighted by Gasteiger charge is -2.18. The first kappa shape index (κ1) is 13.4. The van der Waals surface area contributed by atoms with Gasteiger partial charge in [-0.2, -0.15) is 0 Å². The highest BCUT2D eigenvalue weighted by Gasteiger charge is 2.20. The summed E-state index contributed by atoms with van der Waals surface area (Å²) in [6.45, 7) is -0.793. The summed E-state index contributed by atoms with van der Waals surface area (Å²) in [4.78, 5) is 23.4. The van der Waals surface area contributed by atoms with E-state index >= 15 is 0 Å². The number of aliphatic carboxylic acids is 1. The Kier molecular flexibility index (Phi) is 4.16. The highest BCUT2D eigenvalue weighted by molar-refractivity contribution is 5.98. The lowest BCUT2D eigenvalue weighted by Crippen LogP contribution is -2.36. The second-order valence-electron chi connectivity index (χ2n) is 3.46. The number of carbonyl (C=O) groups excluding carboxylic acids is 1. The number of terminal acetylenes is 1. The summed E-state index contributed by atoms with van der Waals surface area (Å²) in [5.41, 5.74) is -0.202. The fraction of sp³-hybridized carbons (Fsp3) is 0.167. The van der Waals surface area contributed by atoms with E-state index in [1.807, 2.05) is 0 Å². The molecule has 0 aromatic heterocycles. The number of carboxylic acid groups (broad SMARTS) is 1. The number of rotatable bonds is 4. The number of amides is 1. The van der Waals surface area contributed by atoms with Crippen molar-refractivity contribution in [2.24, 2.45) is 0 Å². The van der Waals surface area contributed by atoms with Crippen LogP contribution in [0.2, 0.25) is 0 Å². The molecule has 18 heavy (non-hydrogen) atoms. The second-order valence-corrected chi connectivity index (χ2v) is 3.46. The number of nitrogens with zero attached hydrogens (tertiary/aromatic N) is 1. The molecule has 94 valence electrons. The Bertz CT molecular complexity index is 518. The molecular weight excluding hydrogens is 238 g/mol. The van der Waals surface area contributed by atoms with E-state index in [9.17, 15) is 19.8 Å². The van der Waals surface area contributed by atoms with Gasteiger partial charge in [-0.15, -0.1) is 6.42 Å². The van der Waals surface area contributed by atoms with Crippen LogP contribution in [0.15, 0.2) is 18.2 Å². The van der Waals surface area contributed by atoms with E-state index in [0.717, 1.165) is 17.0 Å². The minimum Gasteiger partial charge on any atom is -0.508 e. The predicted octanol–water partition coefficient (Wildman–Crippen LogP) is 0.258. The maximum absolute atomic E-state index is 11.9. The van der Waals surface area contributed by atoms with E-state index in [2.05, 4.69) is 5.92 Å². The van der Waals surface area contributed by atoms with Crippen LogP contribution in [-0.4, -0.2) is 45.2 Å². The van der Waals surface area contributed by atoms with Crippen molar-refractivity contribution in [2.75, 3.05) is 13.1 Å². The summed E-state index contributed by atoms with van der Waals surface area (Å²) in [7, 11) is 0. The zero-order valence-electron chi connectivity index (χ0n) is 9.33. The van der Waals surface area contributed by atoms with Crippen LogP contribution in [0.4, 0.5) is 0 Å². The average molecular weight is 249 g/mol. The quantitative estimate of drug-likeness (QED) is 0.525. The molecule has 3 N–H and O–H groups in total. The molecule has 0 aliphatic rings. The SMILES string of the molecule is C#CCN(CC(=O)O)C(=O)c1cc(O)ccc1O. The van der Waals surface area contributed by atoms with E-state index in [1.165, 1.54) is 6.07 Å². The van der Waals surface area contributed by atoms with Crippen molar-refractivity contribution < 1.29 is 24.9 Å². The van der Waals surface area contributed by atoms with Crippen LogP contribution in [-0.2, 0) is 4.79 Å². The van der Waals surface area contributed by atoms with Gasteiger partial charge >= 0.3 is 5.97 Å². The fourth-order valence-corrected chi connectivity index (χ4v) is 1.34. The molecule has 1 amide bonds. The number of benzene rings is 1. The van der Waals surface area contributed by atoms with Gasteiger partial charge in [0.1, 0.15) is 18.0 Å². The number of carboxylic acids is 1. The number of hydrogen-bond donors (Lipinski definition) is 3. The van der Waals surface area contributed by atoms with Gasteiger partial charge in [-0.3, -0.25) is 9.59 Å². The smallest absolute Gasteiger partial charge is 0.323 e. The topological polar surface area (TPSA) is 98.1 Å². The fourth-order valence-electron chi connectivity index (χ4n) is 1.34. The molecule has 0 spiro atoms. The van der Waals surface area contributed by atoms with Gasteiger partial charge in [-0.05, 0) is 18.2 Å². The molecule has 0 atom stereocenters. The van der Waals surface area contributed by atoms with E-state index in [1.54, 1.807) is 0 Å². The van der Waals surface area contributed by atoms with Gasteiger partial charge in [-0.1, -0.05) is 5.92 Å². The number of phenolic OH excluding ortho intramolecular Hbond substituents is 2. The molecule has 1 rings (SSSR count). The van der Waals surface area contributed by atoms with Crippen LogP contribution < -0.4 is 0 Å². The van der Waals surface area contributed by atoms with Crippen LogP contribution in [0.5, 0.6) is 11.5 Å². The van der Waals surface area contributed by atoms with Crippen LogP contribution in [0.1, 0.15) is 10.4 Å². The maximum atomic E-state index is 11.9. The molecule has 6 nitrogen and oxygen atoms in total. The van der Waals surface area contributed by atoms with Crippen LogP contribution in [0, 0.1) is 12.3 Å². The molecule has 6 heteroatoms. The van der Waals surface area contributed by atoms with Crippen molar-refractivity contribution in [1.29, 1.82) is 0 Å². The number of carbonyl (C=O) groups is 2. The average Bonchev–Trinajstić information content (AvgIpc) is 2.30. The lowest BCUT2D eigenvalue weighted by atomic mass is 10.1. The third kappa shape index (κ3) is 3.15. The zero-order valence-corrected chi connectivity index (χ0v) is 9.33. The first-order chi connectivity index (χ1) is 8.45. The van der Waals surface area contributed by atoms with Gasteiger partial charge in [0.15, 0.2) is 0 Å². The van der Waals surface area contributed by atoms with Gasteiger partial charge < -0.3 is 20.2 Å². The summed E-state index contributed by atoms with van der Waals surface area (Å²) in [5, 5.41) is 27.4. The summed E-state index contributed by atoms with van der Waals surface area (Å²) in [6, 6.07) is 3.38. The molecule has 0 radical (unpaired) electrons. The zero-order chi connectivity index (χ0) is 13.7. The molecular formula is C12H11NO5. The molecule has 0 aliphatic heterocycles. The standard InChI is InChI=1S/C12H11NO5/c1-2-5-13(7-11(16)17)12(18)9-6-8(14)3-4-10(9)15/h1,3-4,6,14-15H,5,7H2,(H,16,17). The highest BCUT2D eigenvalue weighted by atomic mass is 16.4. The normalized spacial score (nSPS) is 9.50. The molecule has 0 fully saturated rings. The minimum absolute atomic E-state index is 0.202. The Hall–Kier alpha value is -2.68. The first-order valence-electron chi connectivity index (χ1n) is 4.92. The lowest BCUT2D eigenvalue weighted by molar-refractivity contribution is -0.137. The third-order valence-electron chi connectivity index (χ3n) is 2.11. The summed E-state index contributed by atoms with van der Waals surface area (Å²) in [5.74, 6) is -0.401. The van der Waals surface area contributed by atoms with Crippen molar-refractivity contribution in [3.05, 3.63) is 23.8 Å². The second kappa shape index (κ2) is 5.59. The van der Waals surface area contributed by atoms with Crippen molar-refractivity contribution in [1.82, 2.24) is 4.90 Å². The number of phenols is 2. The summed E-state index contributed by atoms with van der Waals surface area (Å²) in [6.07, 6.45) is 5.04. The summed E-state index contributed by atoms with van der Waals surface area (Å²) >= 11 is 0. The molecule has 0 saturated heterocycles. The Morgan fingerprint density at radius 2 is 2.00 bits per heavy atom. The minimum atomic E-state index is -1.22. The van der Waals surface area contributed by atoms with Crippen LogP contribution in [0.25, 0.3) is 0 Å². The van der Waals surface area contributed by atoms with Crippen molar-refractivity contribution >= 4 is 11.9 Å². The molecule has 0 unspecified atom stereocenters. The molecule has 1 aromatic carbocycles. The van der Waals surface area contributed by atoms with Gasteiger partial charge in [0.2, 0.25) is 0 Å².